The minimum absolute atomic E-state index is 0. The average Bonchev–Trinajstić information content (AvgIpc) is 2.34. The number of methoxy groups -OCH3 is 1. The van der Waals surface area contributed by atoms with Crippen LogP contribution in [0.3, 0.4) is 0 Å². The Morgan fingerprint density at radius 3 is 2.73 bits per heavy atom. The summed E-state index contributed by atoms with van der Waals surface area (Å²) in [6.07, 6.45) is 0.774. The van der Waals surface area contributed by atoms with Crippen molar-refractivity contribution in [1.29, 1.82) is 0 Å². The van der Waals surface area contributed by atoms with E-state index in [1.54, 1.807) is 0 Å². The van der Waals surface area contributed by atoms with Gasteiger partial charge in [-0.25, -0.2) is 0 Å². The fourth-order valence-corrected chi connectivity index (χ4v) is 1.36. The van der Waals surface area contributed by atoms with Gasteiger partial charge < -0.3 is 10.1 Å². The number of carbonyl (C=O) groups is 1. The van der Waals surface area contributed by atoms with Crippen molar-refractivity contribution in [3.05, 3.63) is 0 Å². The maximum absolute atomic E-state index is 10.8. The lowest BCUT2D eigenvalue weighted by molar-refractivity contribution is -0.142. The maximum Gasteiger partial charge on any atom is 0.322 e. The van der Waals surface area contributed by atoms with Gasteiger partial charge >= 0.3 is 5.97 Å². The van der Waals surface area contributed by atoms with Crippen LogP contribution < -0.4 is 5.32 Å². The van der Waals surface area contributed by atoms with E-state index < -0.39 is 0 Å². The lowest BCUT2D eigenvalue weighted by Crippen LogP contribution is -2.31. The van der Waals surface area contributed by atoms with Gasteiger partial charge in [0.2, 0.25) is 0 Å². The summed E-state index contributed by atoms with van der Waals surface area (Å²) < 4.78 is 4.55. The fourth-order valence-electron chi connectivity index (χ4n) is 1.04. The molecule has 11 heavy (non-hydrogen) atoms. The first-order valence-electron chi connectivity index (χ1n) is 3.23. The summed E-state index contributed by atoms with van der Waals surface area (Å²) in [5.41, 5.74) is 0. The highest BCUT2D eigenvalue weighted by Gasteiger charge is 2.27. The van der Waals surface area contributed by atoms with Crippen molar-refractivity contribution in [2.24, 2.45) is 0 Å². The molecule has 0 bridgehead atoms. The van der Waals surface area contributed by atoms with Gasteiger partial charge in [-0.1, -0.05) is 0 Å². The van der Waals surface area contributed by atoms with Crippen LogP contribution in [0.1, 0.15) is 6.42 Å². The minimum Gasteiger partial charge on any atom is -0.468 e. The molecule has 0 amide bonds. The molecule has 0 aliphatic carbocycles. The molecule has 1 rings (SSSR count). The summed E-state index contributed by atoms with van der Waals surface area (Å²) in [6, 6.07) is -0.132. The molecule has 0 saturated carbocycles. The molecule has 1 fully saturated rings. The number of halogens is 1. The number of hydrogen-bond donors (Lipinski definition) is 2. The molecular formula is C6H12ClNO2S. The topological polar surface area (TPSA) is 38.3 Å². The van der Waals surface area contributed by atoms with Gasteiger partial charge in [-0.05, 0) is 6.42 Å². The van der Waals surface area contributed by atoms with Crippen LogP contribution in [0.15, 0.2) is 0 Å². The van der Waals surface area contributed by atoms with Crippen LogP contribution in [0.25, 0.3) is 0 Å². The highest BCUT2D eigenvalue weighted by Crippen LogP contribution is 2.12. The van der Waals surface area contributed by atoms with E-state index in [4.69, 9.17) is 0 Å². The van der Waals surface area contributed by atoms with Crippen molar-refractivity contribution in [3.63, 3.8) is 0 Å². The second kappa shape index (κ2) is 4.85. The van der Waals surface area contributed by atoms with E-state index in [1.807, 2.05) is 0 Å². The van der Waals surface area contributed by atoms with E-state index in [0.29, 0.717) is 5.25 Å². The summed E-state index contributed by atoms with van der Waals surface area (Å²) in [6.45, 7) is 0.795. The second-order valence-electron chi connectivity index (χ2n) is 2.37. The SMILES string of the molecule is COC(=O)C1CC(S)CN1.Cl. The zero-order chi connectivity index (χ0) is 7.56. The Bertz CT molecular complexity index is 145. The number of thiol groups is 1. The molecule has 0 aromatic carbocycles. The van der Waals surface area contributed by atoms with Gasteiger partial charge in [0, 0.05) is 11.8 Å². The predicted molar refractivity (Wildman–Crippen MR) is 48.4 cm³/mol. The van der Waals surface area contributed by atoms with Crippen molar-refractivity contribution in [2.75, 3.05) is 13.7 Å². The van der Waals surface area contributed by atoms with Crippen molar-refractivity contribution >= 4 is 31.0 Å². The monoisotopic (exact) mass is 197 g/mol. The molecule has 1 heterocycles. The van der Waals surface area contributed by atoms with Gasteiger partial charge in [0.1, 0.15) is 6.04 Å². The minimum atomic E-state index is -0.184. The summed E-state index contributed by atoms with van der Waals surface area (Å²) >= 11 is 4.21. The van der Waals surface area contributed by atoms with Gasteiger partial charge in [-0.3, -0.25) is 4.79 Å². The molecular weight excluding hydrogens is 186 g/mol. The van der Waals surface area contributed by atoms with E-state index >= 15 is 0 Å². The van der Waals surface area contributed by atoms with Crippen molar-refractivity contribution < 1.29 is 9.53 Å². The third-order valence-electron chi connectivity index (χ3n) is 1.59. The van der Waals surface area contributed by atoms with Gasteiger partial charge in [-0.15, -0.1) is 12.4 Å². The average molecular weight is 198 g/mol. The van der Waals surface area contributed by atoms with Crippen molar-refractivity contribution in [1.82, 2.24) is 5.32 Å². The Hall–Kier alpha value is 0.0700. The molecule has 2 atom stereocenters. The van der Waals surface area contributed by atoms with E-state index in [0.717, 1.165) is 13.0 Å². The van der Waals surface area contributed by atoms with Crippen LogP contribution in [0.4, 0.5) is 0 Å². The van der Waals surface area contributed by atoms with Crippen LogP contribution >= 0.6 is 25.0 Å². The summed E-state index contributed by atoms with van der Waals surface area (Å²) in [5.74, 6) is -0.184. The van der Waals surface area contributed by atoms with Crippen LogP contribution in [0.2, 0.25) is 0 Å². The van der Waals surface area contributed by atoms with Crippen LogP contribution in [0, 0.1) is 0 Å². The van der Waals surface area contributed by atoms with Crippen LogP contribution in [0.5, 0.6) is 0 Å². The highest BCUT2D eigenvalue weighted by molar-refractivity contribution is 7.81. The normalized spacial score (nSPS) is 29.3. The lowest BCUT2D eigenvalue weighted by atomic mass is 10.2. The zero-order valence-corrected chi connectivity index (χ0v) is 7.95. The Labute approximate surface area is 77.7 Å². The first-order chi connectivity index (χ1) is 4.74. The molecule has 1 saturated heterocycles. The largest absolute Gasteiger partial charge is 0.468 e. The standard InChI is InChI=1S/C6H11NO2S.ClH/c1-9-6(8)5-2-4(10)3-7-5;/h4-5,7,10H,2-3H2,1H3;1H. The van der Waals surface area contributed by atoms with Crippen LogP contribution in [-0.2, 0) is 9.53 Å². The summed E-state index contributed by atoms with van der Waals surface area (Å²) in [4.78, 5) is 10.8. The van der Waals surface area contributed by atoms with Gasteiger partial charge in [-0.2, -0.15) is 12.6 Å². The van der Waals surface area contributed by atoms with E-state index in [2.05, 4.69) is 22.7 Å². The van der Waals surface area contributed by atoms with Gasteiger partial charge in [0.25, 0.3) is 0 Å². The second-order valence-corrected chi connectivity index (χ2v) is 3.10. The van der Waals surface area contributed by atoms with Crippen molar-refractivity contribution in [2.45, 2.75) is 17.7 Å². The molecule has 1 N–H and O–H groups in total. The van der Waals surface area contributed by atoms with Crippen molar-refractivity contribution in [3.8, 4) is 0 Å². The molecule has 1 aliphatic heterocycles. The number of carbonyl (C=O) groups excluding carboxylic acids is 1. The van der Waals surface area contributed by atoms with Crippen LogP contribution in [-0.4, -0.2) is 30.9 Å². The Morgan fingerprint density at radius 2 is 2.36 bits per heavy atom. The molecule has 66 valence electrons. The number of hydrogen-bond acceptors (Lipinski definition) is 4. The molecule has 0 radical (unpaired) electrons. The number of ether oxygens (including phenoxy) is 1. The third kappa shape index (κ3) is 2.89. The molecule has 3 nitrogen and oxygen atoms in total. The maximum atomic E-state index is 10.8. The molecule has 0 spiro atoms. The number of esters is 1. The molecule has 0 aromatic heterocycles. The quantitative estimate of drug-likeness (QED) is 0.467. The summed E-state index contributed by atoms with van der Waals surface area (Å²) in [7, 11) is 1.40. The first kappa shape index (κ1) is 11.1. The molecule has 2 unspecified atom stereocenters. The van der Waals surface area contributed by atoms with Gasteiger partial charge in [0.15, 0.2) is 0 Å². The fraction of sp³-hybridized carbons (Fsp3) is 0.833. The van der Waals surface area contributed by atoms with E-state index in [9.17, 15) is 4.79 Å². The number of nitrogens with one attached hydrogen (secondary N) is 1. The lowest BCUT2D eigenvalue weighted by Gasteiger charge is -2.05. The number of rotatable bonds is 1. The first-order valence-corrected chi connectivity index (χ1v) is 3.75. The molecule has 1 aliphatic rings. The van der Waals surface area contributed by atoms with E-state index in [1.165, 1.54) is 7.11 Å². The smallest absolute Gasteiger partial charge is 0.322 e. The van der Waals surface area contributed by atoms with E-state index in [-0.39, 0.29) is 24.4 Å². The summed E-state index contributed by atoms with van der Waals surface area (Å²) in [5, 5.41) is 3.30. The Morgan fingerprint density at radius 1 is 1.73 bits per heavy atom. The Balaban J connectivity index is 0.000001000. The molecule has 5 heteroatoms. The Kier molecular flexibility index (Phi) is 4.88. The molecule has 0 aromatic rings. The van der Waals surface area contributed by atoms with Gasteiger partial charge in [0.05, 0.1) is 7.11 Å². The highest BCUT2D eigenvalue weighted by atomic mass is 35.5. The predicted octanol–water partition coefficient (Wildman–Crippen LogP) is 0.241. The third-order valence-corrected chi connectivity index (χ3v) is 1.99. The zero-order valence-electron chi connectivity index (χ0n) is 6.24.